The first-order chi connectivity index (χ1) is 4.59. The first-order valence-corrected chi connectivity index (χ1v) is 3.06. The minimum atomic E-state index is -1.44. The van der Waals surface area contributed by atoms with Crippen molar-refractivity contribution in [1.82, 2.24) is 0 Å². The number of carboxylic acids is 2. The molecule has 7 heteroatoms. The van der Waals surface area contributed by atoms with Gasteiger partial charge in [-0.25, -0.2) is 0 Å². The van der Waals surface area contributed by atoms with Crippen molar-refractivity contribution in [2.75, 3.05) is 0 Å². The Morgan fingerprint density at radius 1 is 1.00 bits per heavy atom. The van der Waals surface area contributed by atoms with Crippen LogP contribution in [0.3, 0.4) is 0 Å². The van der Waals surface area contributed by atoms with Crippen molar-refractivity contribution in [2.45, 2.75) is 26.7 Å². The number of carbonyl (C=O) groups is 2. The van der Waals surface area contributed by atoms with E-state index in [4.69, 9.17) is 10.2 Å². The average Bonchev–Trinajstić information content (AvgIpc) is 1.57. The zero-order valence-electron chi connectivity index (χ0n) is 6.80. The predicted molar refractivity (Wildman–Crippen MR) is 48.9 cm³/mol. The fourth-order valence-corrected chi connectivity index (χ4v) is 1.05. The van der Waals surface area contributed by atoms with Crippen LogP contribution >= 0.6 is 0 Å². The van der Waals surface area contributed by atoms with E-state index in [0.717, 1.165) is 0 Å². The van der Waals surface area contributed by atoms with Gasteiger partial charge in [-0.05, 0) is 19.3 Å². The summed E-state index contributed by atoms with van der Waals surface area (Å²) in [6.07, 6.45) is 1.26. The normalized spacial score (nSPS) is 15.1. The number of carboxylic acid groups (broad SMARTS) is 2. The monoisotopic (exact) mass is 387 g/mol. The van der Waals surface area contributed by atoms with Crippen LogP contribution in [0.25, 0.3) is 12.3 Å². The summed E-state index contributed by atoms with van der Waals surface area (Å²) >= 11 is 0. The van der Waals surface area contributed by atoms with E-state index in [1.165, 1.54) is 0 Å². The van der Waals surface area contributed by atoms with Gasteiger partial charge < -0.3 is 22.5 Å². The third-order valence-corrected chi connectivity index (χ3v) is 2.03. The molecule has 0 unspecified atom stereocenters. The Kier molecular flexibility index (Phi) is 13.2. The Hall–Kier alpha value is -0.452. The van der Waals surface area contributed by atoms with Gasteiger partial charge in [-0.15, -0.1) is 0 Å². The van der Waals surface area contributed by atoms with E-state index in [1.807, 2.05) is 0 Å². The SMILES string of the molecule is C.O=C(O)C1(C(=O)O)CCC1.[NH2-].[NH2-].[Pt+2]. The zero-order chi connectivity index (χ0) is 7.78. The van der Waals surface area contributed by atoms with E-state index in [-0.39, 0.29) is 53.6 Å². The third kappa shape index (κ3) is 3.36. The maximum atomic E-state index is 10.4. The molecule has 0 bridgehead atoms. The fourth-order valence-electron chi connectivity index (χ4n) is 1.05. The van der Waals surface area contributed by atoms with E-state index >= 15 is 0 Å². The molecule has 0 radical (unpaired) electrons. The van der Waals surface area contributed by atoms with E-state index in [9.17, 15) is 9.59 Å². The minimum absolute atomic E-state index is 0. The molecule has 0 aromatic rings. The zero-order valence-corrected chi connectivity index (χ0v) is 9.08. The van der Waals surface area contributed by atoms with Crippen molar-refractivity contribution in [3.8, 4) is 0 Å². The number of rotatable bonds is 2. The molecule has 88 valence electrons. The molecule has 6 nitrogen and oxygen atoms in total. The second-order valence-electron chi connectivity index (χ2n) is 2.55. The molecule has 0 aromatic carbocycles. The molecule has 0 spiro atoms. The van der Waals surface area contributed by atoms with Crippen LogP contribution in [0.4, 0.5) is 0 Å². The Morgan fingerprint density at radius 3 is 1.29 bits per heavy atom. The first-order valence-electron chi connectivity index (χ1n) is 3.06. The van der Waals surface area contributed by atoms with Crippen LogP contribution in [0.15, 0.2) is 0 Å². The van der Waals surface area contributed by atoms with Crippen molar-refractivity contribution in [3.63, 3.8) is 0 Å². The average molecular weight is 387 g/mol. The summed E-state index contributed by atoms with van der Waals surface area (Å²) < 4.78 is 0. The first kappa shape index (κ1) is 23.4. The molecule has 0 heterocycles. The second-order valence-corrected chi connectivity index (χ2v) is 2.55. The Bertz CT molecular complexity index is 178. The van der Waals surface area contributed by atoms with E-state index in [2.05, 4.69) is 0 Å². The molecule has 0 atom stereocenters. The van der Waals surface area contributed by atoms with Crippen LogP contribution < -0.4 is 0 Å². The summed E-state index contributed by atoms with van der Waals surface area (Å²) in [6.45, 7) is 0. The van der Waals surface area contributed by atoms with Gasteiger partial charge in [0.25, 0.3) is 0 Å². The molecule has 0 aromatic heterocycles. The molecular weight excluding hydrogens is 371 g/mol. The Morgan fingerprint density at radius 2 is 1.29 bits per heavy atom. The van der Waals surface area contributed by atoms with Crippen LogP contribution in [0.2, 0.25) is 0 Å². The molecule has 0 aliphatic heterocycles. The van der Waals surface area contributed by atoms with Crippen LogP contribution in [-0.4, -0.2) is 22.2 Å². The summed E-state index contributed by atoms with van der Waals surface area (Å²) in [5.41, 5.74) is -1.44. The summed E-state index contributed by atoms with van der Waals surface area (Å²) in [4.78, 5) is 20.7. The third-order valence-electron chi connectivity index (χ3n) is 2.03. The van der Waals surface area contributed by atoms with Gasteiger partial charge >= 0.3 is 33.0 Å². The summed E-state index contributed by atoms with van der Waals surface area (Å²) in [6, 6.07) is 0. The number of aliphatic carboxylic acids is 2. The fraction of sp³-hybridized carbons (Fsp3) is 0.714. The van der Waals surface area contributed by atoms with Crippen LogP contribution in [0.5, 0.6) is 0 Å². The molecule has 1 aliphatic rings. The van der Waals surface area contributed by atoms with Gasteiger partial charge in [-0.2, -0.15) is 0 Å². The van der Waals surface area contributed by atoms with E-state index < -0.39 is 17.4 Å². The molecule has 6 N–H and O–H groups in total. The quantitative estimate of drug-likeness (QED) is 0.702. The number of nitrogens with two attached hydrogens (primary N) is 2. The van der Waals surface area contributed by atoms with Crippen molar-refractivity contribution < 1.29 is 40.9 Å². The standard InChI is InChI=1S/C6H8O4.CH4.2H2N.Pt/c7-4(8)6(5(9)10)2-1-3-6;;;;/h1-3H2,(H,7,8)(H,9,10);1H4;2*1H2;/q;;2*-1;+2. The molecule has 1 saturated carbocycles. The smallest absolute Gasteiger partial charge is 0.693 e. The molecule has 14 heavy (non-hydrogen) atoms. The largest absolute Gasteiger partial charge is 2.00 e. The molecule has 1 aliphatic carbocycles. The van der Waals surface area contributed by atoms with Gasteiger partial charge in [0.05, 0.1) is 0 Å². The molecule has 1 fully saturated rings. The molecular formula is C7H16N2O4Pt. The topological polar surface area (TPSA) is 142 Å². The van der Waals surface area contributed by atoms with Gasteiger partial charge in [-0.3, -0.25) is 9.59 Å². The number of hydrogen-bond acceptors (Lipinski definition) is 2. The molecule has 0 amide bonds. The Balaban J connectivity index is -0.000000125. The van der Waals surface area contributed by atoms with Gasteiger partial charge in [0.2, 0.25) is 0 Å². The van der Waals surface area contributed by atoms with Crippen LogP contribution in [0.1, 0.15) is 26.7 Å². The van der Waals surface area contributed by atoms with Crippen molar-refractivity contribution in [2.24, 2.45) is 5.41 Å². The van der Waals surface area contributed by atoms with Crippen LogP contribution in [-0.2, 0) is 30.7 Å². The van der Waals surface area contributed by atoms with E-state index in [1.54, 1.807) is 0 Å². The molecule has 1 rings (SSSR count). The maximum absolute atomic E-state index is 10.4. The Labute approximate surface area is 97.5 Å². The van der Waals surface area contributed by atoms with Crippen LogP contribution in [0, 0.1) is 5.41 Å². The van der Waals surface area contributed by atoms with E-state index in [0.29, 0.717) is 6.42 Å². The maximum Gasteiger partial charge on any atom is 2.00 e. The predicted octanol–water partition coefficient (Wildman–Crippen LogP) is 2.39. The van der Waals surface area contributed by atoms with Gasteiger partial charge in [-0.1, -0.05) is 7.43 Å². The summed E-state index contributed by atoms with van der Waals surface area (Å²) in [5.74, 6) is -2.41. The summed E-state index contributed by atoms with van der Waals surface area (Å²) in [5, 5.41) is 16.9. The van der Waals surface area contributed by atoms with Crippen molar-refractivity contribution in [1.29, 1.82) is 0 Å². The number of hydrogen-bond donors (Lipinski definition) is 2. The summed E-state index contributed by atoms with van der Waals surface area (Å²) in [7, 11) is 0. The van der Waals surface area contributed by atoms with Gasteiger partial charge in [0, 0.05) is 0 Å². The minimum Gasteiger partial charge on any atom is -0.693 e. The van der Waals surface area contributed by atoms with Gasteiger partial charge in [0.1, 0.15) is 0 Å². The van der Waals surface area contributed by atoms with Crippen molar-refractivity contribution in [3.05, 3.63) is 12.3 Å². The molecule has 0 saturated heterocycles. The van der Waals surface area contributed by atoms with Gasteiger partial charge in [0.15, 0.2) is 5.41 Å². The van der Waals surface area contributed by atoms with Crippen molar-refractivity contribution >= 4 is 11.9 Å². The second kappa shape index (κ2) is 7.91.